The summed E-state index contributed by atoms with van der Waals surface area (Å²) in [6.07, 6.45) is 2.25. The highest BCUT2D eigenvalue weighted by Crippen LogP contribution is 2.16. The number of hydrogen-bond donors (Lipinski definition) is 1. The highest BCUT2D eigenvalue weighted by atomic mass is 79.9. The van der Waals surface area contributed by atoms with Gasteiger partial charge in [-0.1, -0.05) is 15.9 Å². The minimum atomic E-state index is -0.192. The maximum atomic E-state index is 13.1. The lowest BCUT2D eigenvalue weighted by Gasteiger charge is -2.22. The van der Waals surface area contributed by atoms with Crippen LogP contribution in [0.5, 0.6) is 0 Å². The molecule has 94 valence electrons. The van der Waals surface area contributed by atoms with Crippen molar-refractivity contribution in [1.29, 1.82) is 0 Å². The van der Waals surface area contributed by atoms with E-state index in [-0.39, 0.29) is 5.82 Å². The summed E-state index contributed by atoms with van der Waals surface area (Å²) in [6, 6.07) is 4.99. The van der Waals surface area contributed by atoms with Crippen LogP contribution in [-0.4, -0.2) is 19.8 Å². The lowest BCUT2D eigenvalue weighted by atomic mass is 10.0. The first-order chi connectivity index (χ1) is 8.24. The zero-order chi connectivity index (χ0) is 12.1. The van der Waals surface area contributed by atoms with E-state index in [0.29, 0.717) is 12.5 Å². The van der Waals surface area contributed by atoms with E-state index in [1.807, 2.05) is 6.07 Å². The van der Waals surface area contributed by atoms with Crippen molar-refractivity contribution in [2.45, 2.75) is 19.4 Å². The summed E-state index contributed by atoms with van der Waals surface area (Å²) in [5.41, 5.74) is 0.976. The van der Waals surface area contributed by atoms with Gasteiger partial charge in [-0.2, -0.15) is 0 Å². The quantitative estimate of drug-likeness (QED) is 0.923. The Morgan fingerprint density at radius 2 is 2.06 bits per heavy atom. The van der Waals surface area contributed by atoms with E-state index in [0.717, 1.165) is 42.6 Å². The third-order valence-corrected chi connectivity index (χ3v) is 3.48. The van der Waals surface area contributed by atoms with E-state index < -0.39 is 0 Å². The van der Waals surface area contributed by atoms with Crippen LogP contribution in [0.15, 0.2) is 22.7 Å². The normalized spacial score (nSPS) is 17.3. The van der Waals surface area contributed by atoms with Gasteiger partial charge in [-0.15, -0.1) is 0 Å². The molecule has 2 nitrogen and oxygen atoms in total. The van der Waals surface area contributed by atoms with Crippen LogP contribution >= 0.6 is 15.9 Å². The minimum Gasteiger partial charge on any atom is -0.381 e. The summed E-state index contributed by atoms with van der Waals surface area (Å²) in [6.45, 7) is 3.45. The fourth-order valence-corrected chi connectivity index (χ4v) is 2.60. The molecule has 0 amide bonds. The van der Waals surface area contributed by atoms with Crippen LogP contribution in [0.3, 0.4) is 0 Å². The first-order valence-electron chi connectivity index (χ1n) is 5.97. The number of benzene rings is 1. The zero-order valence-corrected chi connectivity index (χ0v) is 11.3. The molecular formula is C13H17BrFNO. The Bertz CT molecular complexity index is 346. The molecule has 0 aliphatic carbocycles. The topological polar surface area (TPSA) is 21.3 Å². The first-order valence-corrected chi connectivity index (χ1v) is 6.77. The van der Waals surface area contributed by atoms with Crippen molar-refractivity contribution < 1.29 is 9.13 Å². The number of hydrogen-bond acceptors (Lipinski definition) is 2. The summed E-state index contributed by atoms with van der Waals surface area (Å²) in [4.78, 5) is 0. The lowest BCUT2D eigenvalue weighted by Crippen LogP contribution is -2.27. The van der Waals surface area contributed by atoms with Gasteiger partial charge in [0.05, 0.1) is 0 Å². The number of nitrogens with one attached hydrogen (secondary N) is 1. The van der Waals surface area contributed by atoms with Crippen molar-refractivity contribution in [3.63, 3.8) is 0 Å². The van der Waals surface area contributed by atoms with Gasteiger partial charge in [-0.3, -0.25) is 0 Å². The average molecular weight is 302 g/mol. The van der Waals surface area contributed by atoms with E-state index >= 15 is 0 Å². The van der Waals surface area contributed by atoms with Gasteiger partial charge in [0.1, 0.15) is 5.82 Å². The molecule has 2 rings (SSSR count). The van der Waals surface area contributed by atoms with E-state index in [1.54, 1.807) is 6.07 Å². The van der Waals surface area contributed by atoms with Crippen LogP contribution in [0, 0.1) is 11.7 Å². The standard InChI is InChI=1S/C13H17BrFNO/c14-12-5-11(6-13(15)7-12)9-16-8-10-1-3-17-4-2-10/h5-7,10,16H,1-4,8-9H2. The summed E-state index contributed by atoms with van der Waals surface area (Å²) in [5.74, 6) is 0.503. The second-order valence-electron chi connectivity index (χ2n) is 4.46. The molecule has 4 heteroatoms. The van der Waals surface area contributed by atoms with Gasteiger partial charge in [0, 0.05) is 24.2 Å². The molecule has 1 aromatic rings. The largest absolute Gasteiger partial charge is 0.381 e. The molecular weight excluding hydrogens is 285 g/mol. The molecule has 1 N–H and O–H groups in total. The predicted molar refractivity (Wildman–Crippen MR) is 69.3 cm³/mol. The summed E-state index contributed by atoms with van der Waals surface area (Å²) in [5, 5.41) is 3.38. The molecule has 0 spiro atoms. The van der Waals surface area contributed by atoms with Crippen LogP contribution in [0.1, 0.15) is 18.4 Å². The molecule has 0 unspecified atom stereocenters. The number of halogens is 2. The lowest BCUT2D eigenvalue weighted by molar-refractivity contribution is 0.0662. The van der Waals surface area contributed by atoms with Gasteiger partial charge in [-0.05, 0) is 49.1 Å². The molecule has 1 aromatic carbocycles. The maximum absolute atomic E-state index is 13.1. The first kappa shape index (κ1) is 13.0. The number of rotatable bonds is 4. The molecule has 1 saturated heterocycles. The van der Waals surface area contributed by atoms with Crippen molar-refractivity contribution in [3.8, 4) is 0 Å². The van der Waals surface area contributed by atoms with Gasteiger partial charge < -0.3 is 10.1 Å². The van der Waals surface area contributed by atoms with Gasteiger partial charge in [0.15, 0.2) is 0 Å². The van der Waals surface area contributed by atoms with Gasteiger partial charge in [0.2, 0.25) is 0 Å². The monoisotopic (exact) mass is 301 g/mol. The predicted octanol–water partition coefficient (Wildman–Crippen LogP) is 3.10. The fourth-order valence-electron chi connectivity index (χ4n) is 2.08. The summed E-state index contributed by atoms with van der Waals surface area (Å²) < 4.78 is 19.2. The molecule has 0 atom stereocenters. The molecule has 0 saturated carbocycles. The smallest absolute Gasteiger partial charge is 0.124 e. The fraction of sp³-hybridized carbons (Fsp3) is 0.538. The number of ether oxygens (including phenoxy) is 1. The van der Waals surface area contributed by atoms with E-state index in [2.05, 4.69) is 21.2 Å². The van der Waals surface area contributed by atoms with Crippen LogP contribution in [0.4, 0.5) is 4.39 Å². The maximum Gasteiger partial charge on any atom is 0.124 e. The van der Waals surface area contributed by atoms with Gasteiger partial charge >= 0.3 is 0 Å². The van der Waals surface area contributed by atoms with Crippen LogP contribution in [0.2, 0.25) is 0 Å². The summed E-state index contributed by atoms with van der Waals surface area (Å²) >= 11 is 3.30. The van der Waals surface area contributed by atoms with E-state index in [9.17, 15) is 4.39 Å². The highest BCUT2D eigenvalue weighted by molar-refractivity contribution is 9.10. The van der Waals surface area contributed by atoms with Crippen LogP contribution in [-0.2, 0) is 11.3 Å². The van der Waals surface area contributed by atoms with Crippen molar-refractivity contribution >= 4 is 15.9 Å². The Balaban J connectivity index is 1.77. The molecule has 17 heavy (non-hydrogen) atoms. The Morgan fingerprint density at radius 3 is 2.76 bits per heavy atom. The van der Waals surface area contributed by atoms with Crippen LogP contribution in [0.25, 0.3) is 0 Å². The third kappa shape index (κ3) is 4.37. The van der Waals surface area contributed by atoms with Crippen molar-refractivity contribution in [1.82, 2.24) is 5.32 Å². The minimum absolute atomic E-state index is 0.192. The van der Waals surface area contributed by atoms with Gasteiger partial charge in [-0.25, -0.2) is 4.39 Å². The Kier molecular flexibility index (Phi) is 4.95. The zero-order valence-electron chi connectivity index (χ0n) is 9.72. The second-order valence-corrected chi connectivity index (χ2v) is 5.38. The Hall–Kier alpha value is -0.450. The molecule has 0 aromatic heterocycles. The second kappa shape index (κ2) is 6.47. The Morgan fingerprint density at radius 1 is 1.29 bits per heavy atom. The van der Waals surface area contributed by atoms with Crippen LogP contribution < -0.4 is 5.32 Å². The summed E-state index contributed by atoms with van der Waals surface area (Å²) in [7, 11) is 0. The van der Waals surface area contributed by atoms with E-state index in [1.165, 1.54) is 6.07 Å². The molecule has 1 aliphatic heterocycles. The molecule has 1 fully saturated rings. The molecule has 0 radical (unpaired) electrons. The molecule has 0 bridgehead atoms. The third-order valence-electron chi connectivity index (χ3n) is 3.03. The highest BCUT2D eigenvalue weighted by Gasteiger charge is 2.12. The van der Waals surface area contributed by atoms with E-state index in [4.69, 9.17) is 4.74 Å². The van der Waals surface area contributed by atoms with Crippen molar-refractivity contribution in [2.24, 2.45) is 5.92 Å². The molecule has 1 heterocycles. The van der Waals surface area contributed by atoms with Crippen molar-refractivity contribution in [3.05, 3.63) is 34.1 Å². The van der Waals surface area contributed by atoms with Crippen molar-refractivity contribution in [2.75, 3.05) is 19.8 Å². The Labute approximate surface area is 110 Å². The SMILES string of the molecule is Fc1cc(Br)cc(CNCC2CCOCC2)c1. The average Bonchev–Trinajstić information content (AvgIpc) is 2.29. The molecule has 1 aliphatic rings. The van der Waals surface area contributed by atoms with Gasteiger partial charge in [0.25, 0.3) is 0 Å².